The summed E-state index contributed by atoms with van der Waals surface area (Å²) in [6, 6.07) is 4.83. The largest absolute Gasteiger partial charge is 0.466 e. The van der Waals surface area contributed by atoms with Crippen molar-refractivity contribution < 1.29 is 23.5 Å². The number of rotatable bonds is 5. The standard InChI is InChI=1S/C18H18Cl2FNO4/c1-4-26-18(24)15-12(8-21)22-9(2)13(17(23)25-3)14(15)10-6-5-7-11(19)16(10)20/h5-7,14,22H,4,8H2,1-3H3. The van der Waals surface area contributed by atoms with Crippen molar-refractivity contribution in [2.24, 2.45) is 0 Å². The van der Waals surface area contributed by atoms with E-state index in [0.717, 1.165) is 0 Å². The number of hydrogen-bond donors (Lipinski definition) is 1. The van der Waals surface area contributed by atoms with Gasteiger partial charge >= 0.3 is 11.9 Å². The van der Waals surface area contributed by atoms with Gasteiger partial charge in [0.1, 0.15) is 6.67 Å². The van der Waals surface area contributed by atoms with E-state index in [4.69, 9.17) is 32.7 Å². The minimum Gasteiger partial charge on any atom is -0.466 e. The summed E-state index contributed by atoms with van der Waals surface area (Å²) in [4.78, 5) is 25.0. The molecule has 5 nitrogen and oxygen atoms in total. The van der Waals surface area contributed by atoms with Gasteiger partial charge in [-0.15, -0.1) is 0 Å². The summed E-state index contributed by atoms with van der Waals surface area (Å²) in [6.07, 6.45) is 0. The van der Waals surface area contributed by atoms with Gasteiger partial charge in [0, 0.05) is 5.70 Å². The molecule has 1 unspecified atom stereocenters. The van der Waals surface area contributed by atoms with Crippen molar-refractivity contribution >= 4 is 35.1 Å². The summed E-state index contributed by atoms with van der Waals surface area (Å²) in [6.45, 7) is 2.37. The zero-order valence-electron chi connectivity index (χ0n) is 14.5. The van der Waals surface area contributed by atoms with Crippen LogP contribution in [0.4, 0.5) is 4.39 Å². The number of ether oxygens (including phenoxy) is 2. The first-order valence-electron chi connectivity index (χ1n) is 7.83. The fourth-order valence-corrected chi connectivity index (χ4v) is 3.30. The molecule has 0 radical (unpaired) electrons. The van der Waals surface area contributed by atoms with Crippen molar-refractivity contribution in [1.82, 2.24) is 5.32 Å². The number of carbonyl (C=O) groups excluding carboxylic acids is 2. The first-order chi connectivity index (χ1) is 12.4. The molecule has 2 rings (SSSR count). The molecular formula is C18H18Cl2FNO4. The lowest BCUT2D eigenvalue weighted by Gasteiger charge is -2.31. The highest BCUT2D eigenvalue weighted by Gasteiger charge is 2.39. The molecular weight excluding hydrogens is 384 g/mol. The van der Waals surface area contributed by atoms with Gasteiger partial charge in [-0.25, -0.2) is 14.0 Å². The molecule has 1 aromatic carbocycles. The lowest BCUT2D eigenvalue weighted by Crippen LogP contribution is -2.34. The van der Waals surface area contributed by atoms with Crippen LogP contribution in [0, 0.1) is 0 Å². The summed E-state index contributed by atoms with van der Waals surface area (Å²) in [5, 5.41) is 3.17. The van der Waals surface area contributed by atoms with Crippen LogP contribution >= 0.6 is 23.2 Å². The molecule has 0 spiro atoms. The molecule has 0 amide bonds. The average molecular weight is 402 g/mol. The van der Waals surface area contributed by atoms with Crippen molar-refractivity contribution in [3.8, 4) is 0 Å². The Labute approximate surface area is 160 Å². The van der Waals surface area contributed by atoms with Crippen molar-refractivity contribution in [1.29, 1.82) is 0 Å². The van der Waals surface area contributed by atoms with E-state index >= 15 is 0 Å². The van der Waals surface area contributed by atoms with Crippen LogP contribution in [0.3, 0.4) is 0 Å². The van der Waals surface area contributed by atoms with E-state index < -0.39 is 24.5 Å². The first-order valence-corrected chi connectivity index (χ1v) is 8.59. The highest BCUT2D eigenvalue weighted by Crippen LogP contribution is 2.43. The van der Waals surface area contributed by atoms with E-state index in [1.807, 2.05) is 0 Å². The third kappa shape index (κ3) is 3.71. The number of benzene rings is 1. The molecule has 0 aliphatic carbocycles. The van der Waals surface area contributed by atoms with E-state index in [-0.39, 0.29) is 33.5 Å². The van der Waals surface area contributed by atoms with Gasteiger partial charge in [0.25, 0.3) is 0 Å². The van der Waals surface area contributed by atoms with E-state index in [1.165, 1.54) is 7.11 Å². The molecule has 140 valence electrons. The molecule has 1 aliphatic heterocycles. The van der Waals surface area contributed by atoms with Crippen molar-refractivity contribution in [3.05, 3.63) is 56.3 Å². The maximum absolute atomic E-state index is 13.7. The van der Waals surface area contributed by atoms with Crippen LogP contribution < -0.4 is 5.32 Å². The smallest absolute Gasteiger partial charge is 0.336 e. The number of halogens is 3. The molecule has 1 atom stereocenters. The fraction of sp³-hybridized carbons (Fsp3) is 0.333. The van der Waals surface area contributed by atoms with Gasteiger partial charge in [-0.2, -0.15) is 0 Å². The Morgan fingerprint density at radius 3 is 2.50 bits per heavy atom. The molecule has 1 heterocycles. The Kier molecular flexibility index (Phi) is 6.67. The SMILES string of the molecule is CCOC(=O)C1=C(CF)NC(C)=C(C(=O)OC)C1c1cccc(Cl)c1Cl. The minimum absolute atomic E-state index is 0.00893. The van der Waals surface area contributed by atoms with Crippen LogP contribution in [-0.2, 0) is 19.1 Å². The van der Waals surface area contributed by atoms with E-state index in [0.29, 0.717) is 11.3 Å². The molecule has 0 fully saturated rings. The normalized spacial score (nSPS) is 17.1. The third-order valence-corrected chi connectivity index (χ3v) is 4.81. The molecule has 8 heteroatoms. The second-order valence-corrected chi connectivity index (χ2v) is 6.26. The summed E-state index contributed by atoms with van der Waals surface area (Å²) < 4.78 is 23.6. The summed E-state index contributed by atoms with van der Waals surface area (Å²) in [5.74, 6) is -2.39. The monoisotopic (exact) mass is 401 g/mol. The lowest BCUT2D eigenvalue weighted by atomic mass is 9.80. The van der Waals surface area contributed by atoms with E-state index in [9.17, 15) is 14.0 Å². The molecule has 26 heavy (non-hydrogen) atoms. The molecule has 1 aromatic rings. The number of methoxy groups -OCH3 is 1. The van der Waals surface area contributed by atoms with Gasteiger partial charge in [0.05, 0.1) is 46.5 Å². The van der Waals surface area contributed by atoms with Gasteiger partial charge < -0.3 is 14.8 Å². The van der Waals surface area contributed by atoms with Gasteiger partial charge in [0.15, 0.2) is 0 Å². The molecule has 1 N–H and O–H groups in total. The van der Waals surface area contributed by atoms with Gasteiger partial charge in [-0.3, -0.25) is 0 Å². The average Bonchev–Trinajstić information content (AvgIpc) is 2.62. The number of esters is 2. The molecule has 0 aromatic heterocycles. The van der Waals surface area contributed by atoms with E-state index in [2.05, 4.69) is 5.32 Å². The Morgan fingerprint density at radius 2 is 1.92 bits per heavy atom. The Bertz CT molecular complexity index is 804. The van der Waals surface area contributed by atoms with Crippen molar-refractivity contribution in [2.45, 2.75) is 19.8 Å². The zero-order chi connectivity index (χ0) is 19.4. The highest BCUT2D eigenvalue weighted by molar-refractivity contribution is 6.42. The quantitative estimate of drug-likeness (QED) is 0.757. The maximum Gasteiger partial charge on any atom is 0.336 e. The van der Waals surface area contributed by atoms with Crippen LogP contribution in [0.5, 0.6) is 0 Å². The molecule has 0 saturated carbocycles. The second-order valence-electron chi connectivity index (χ2n) is 5.48. The van der Waals surface area contributed by atoms with E-state index in [1.54, 1.807) is 32.0 Å². The number of allylic oxidation sites excluding steroid dienone is 2. The van der Waals surface area contributed by atoms with Gasteiger partial charge in [-0.05, 0) is 25.5 Å². The van der Waals surface area contributed by atoms with Gasteiger partial charge in [-0.1, -0.05) is 35.3 Å². The lowest BCUT2D eigenvalue weighted by molar-refractivity contribution is -0.139. The fourth-order valence-electron chi connectivity index (χ4n) is 2.89. The summed E-state index contributed by atoms with van der Waals surface area (Å²) in [7, 11) is 1.22. The van der Waals surface area contributed by atoms with Crippen molar-refractivity contribution in [3.63, 3.8) is 0 Å². The number of carbonyl (C=O) groups is 2. The maximum atomic E-state index is 13.7. The van der Waals surface area contributed by atoms with Crippen LogP contribution in [0.2, 0.25) is 10.0 Å². The summed E-state index contributed by atoms with van der Waals surface area (Å²) >= 11 is 12.4. The minimum atomic E-state index is -0.973. The predicted octanol–water partition coefficient (Wildman–Crippen LogP) is 3.91. The number of dihydropyridines is 1. The molecule has 1 aliphatic rings. The number of hydrogen-bond acceptors (Lipinski definition) is 5. The number of nitrogens with one attached hydrogen (secondary N) is 1. The van der Waals surface area contributed by atoms with Crippen LogP contribution in [0.1, 0.15) is 25.3 Å². The van der Waals surface area contributed by atoms with Crippen LogP contribution in [-0.4, -0.2) is 32.3 Å². The summed E-state index contributed by atoms with van der Waals surface area (Å²) in [5.41, 5.74) is 0.851. The molecule has 0 saturated heterocycles. The van der Waals surface area contributed by atoms with Crippen molar-refractivity contribution in [2.75, 3.05) is 20.4 Å². The Hall–Kier alpha value is -2.05. The topological polar surface area (TPSA) is 64.6 Å². The molecule has 0 bridgehead atoms. The third-order valence-electron chi connectivity index (χ3n) is 3.97. The zero-order valence-corrected chi connectivity index (χ0v) is 16.0. The van der Waals surface area contributed by atoms with Crippen LogP contribution in [0.25, 0.3) is 0 Å². The Morgan fingerprint density at radius 1 is 1.23 bits per heavy atom. The highest BCUT2D eigenvalue weighted by atomic mass is 35.5. The second kappa shape index (κ2) is 8.56. The Balaban J connectivity index is 2.78. The van der Waals surface area contributed by atoms with Gasteiger partial charge in [0.2, 0.25) is 0 Å². The predicted molar refractivity (Wildman–Crippen MR) is 96.7 cm³/mol. The van der Waals surface area contributed by atoms with Crippen LogP contribution in [0.15, 0.2) is 40.7 Å². The first kappa shape index (κ1) is 20.3. The number of alkyl halides is 1.